The Morgan fingerprint density at radius 1 is 1.03 bits per heavy atom. The van der Waals surface area contributed by atoms with Crippen LogP contribution in [0, 0.1) is 13.8 Å². The van der Waals surface area contributed by atoms with Crippen LogP contribution in [-0.4, -0.2) is 27.6 Å². The van der Waals surface area contributed by atoms with Crippen LogP contribution in [0.15, 0.2) is 59.1 Å². The molecule has 0 unspecified atom stereocenters. The van der Waals surface area contributed by atoms with E-state index in [-0.39, 0.29) is 5.91 Å². The summed E-state index contributed by atoms with van der Waals surface area (Å²) >= 11 is 6.29. The average Bonchev–Trinajstić information content (AvgIpc) is 3.16. The zero-order valence-corrected chi connectivity index (χ0v) is 19.2. The summed E-state index contributed by atoms with van der Waals surface area (Å²) < 4.78 is 5.29. The van der Waals surface area contributed by atoms with Crippen molar-refractivity contribution in [2.24, 2.45) is 0 Å². The highest BCUT2D eigenvalue weighted by Gasteiger charge is 2.23. The van der Waals surface area contributed by atoms with Crippen LogP contribution in [0.1, 0.15) is 28.7 Å². The number of benzene rings is 2. The van der Waals surface area contributed by atoms with E-state index in [1.807, 2.05) is 44.2 Å². The molecule has 4 rings (SSSR count). The first-order valence-electron chi connectivity index (χ1n) is 10.4. The molecule has 0 fully saturated rings. The molecule has 9 heteroatoms. The van der Waals surface area contributed by atoms with Crippen LogP contribution in [0.4, 0.5) is 23.1 Å². The summed E-state index contributed by atoms with van der Waals surface area (Å²) in [6.07, 6.45) is 0. The molecule has 0 aliphatic heterocycles. The maximum Gasteiger partial charge on any atom is 0.261 e. The highest BCUT2D eigenvalue weighted by molar-refractivity contribution is 6.33. The molecule has 0 saturated carbocycles. The molecule has 0 aliphatic carbocycles. The lowest BCUT2D eigenvalue weighted by Crippen LogP contribution is -2.13. The second kappa shape index (κ2) is 9.70. The zero-order valence-electron chi connectivity index (χ0n) is 18.4. The quantitative estimate of drug-likeness (QED) is 0.317. The van der Waals surface area contributed by atoms with Gasteiger partial charge in [-0.15, -0.1) is 0 Å². The first-order valence-corrected chi connectivity index (χ1v) is 10.8. The Morgan fingerprint density at radius 3 is 2.48 bits per heavy atom. The Kier molecular flexibility index (Phi) is 6.55. The number of carbonyl (C=O) groups excluding carboxylic acids is 1. The molecule has 0 radical (unpaired) electrons. The van der Waals surface area contributed by atoms with Crippen molar-refractivity contribution in [3.63, 3.8) is 0 Å². The molecule has 8 nitrogen and oxygen atoms in total. The van der Waals surface area contributed by atoms with Crippen LogP contribution in [0.2, 0.25) is 5.02 Å². The molecule has 0 spiro atoms. The zero-order chi connectivity index (χ0) is 23.4. The van der Waals surface area contributed by atoms with E-state index >= 15 is 0 Å². The number of carbonyl (C=O) groups is 1. The summed E-state index contributed by atoms with van der Waals surface area (Å²) in [6, 6.07) is 16.4. The van der Waals surface area contributed by atoms with Crippen LogP contribution in [0.3, 0.4) is 0 Å². The van der Waals surface area contributed by atoms with Crippen LogP contribution in [-0.2, 0) is 0 Å². The van der Waals surface area contributed by atoms with E-state index in [0.29, 0.717) is 45.1 Å². The largest absolute Gasteiger partial charge is 0.360 e. The third-order valence-electron chi connectivity index (χ3n) is 4.82. The fraction of sp³-hybridized carbons (Fsp3) is 0.167. The Labute approximate surface area is 196 Å². The highest BCUT2D eigenvalue weighted by Crippen LogP contribution is 2.31. The molecule has 33 heavy (non-hydrogen) atoms. The number of rotatable bonds is 7. The fourth-order valence-electron chi connectivity index (χ4n) is 3.32. The molecule has 2 aromatic carbocycles. The SMILES string of the molecule is CCNc1nc(C)cc(Nc2ccc(NC(=O)c3c(-c4ccccc4Cl)noc3C)cc2)n1. The van der Waals surface area contributed by atoms with Gasteiger partial charge in [0.05, 0.1) is 5.02 Å². The number of nitrogens with zero attached hydrogens (tertiary/aromatic N) is 3. The number of anilines is 4. The minimum atomic E-state index is -0.328. The molecule has 0 bridgehead atoms. The fourth-order valence-corrected chi connectivity index (χ4v) is 3.55. The van der Waals surface area contributed by atoms with Gasteiger partial charge in [-0.2, -0.15) is 4.98 Å². The van der Waals surface area contributed by atoms with Crippen molar-refractivity contribution in [3.8, 4) is 11.3 Å². The van der Waals surface area contributed by atoms with E-state index in [4.69, 9.17) is 16.1 Å². The smallest absolute Gasteiger partial charge is 0.261 e. The Hall–Kier alpha value is -3.91. The molecule has 1 amide bonds. The minimum absolute atomic E-state index is 0.328. The number of hydrogen-bond donors (Lipinski definition) is 3. The number of amides is 1. The van der Waals surface area contributed by atoms with Crippen molar-refractivity contribution in [2.75, 3.05) is 22.5 Å². The van der Waals surface area contributed by atoms with E-state index in [1.165, 1.54) is 0 Å². The van der Waals surface area contributed by atoms with Crippen molar-refractivity contribution in [2.45, 2.75) is 20.8 Å². The lowest BCUT2D eigenvalue weighted by molar-refractivity contribution is 0.102. The number of aromatic nitrogens is 3. The molecule has 2 aromatic heterocycles. The summed E-state index contributed by atoms with van der Waals surface area (Å²) in [4.78, 5) is 21.8. The maximum absolute atomic E-state index is 13.0. The van der Waals surface area contributed by atoms with E-state index in [2.05, 4.69) is 31.1 Å². The molecule has 0 aliphatic rings. The Balaban J connectivity index is 1.50. The molecule has 2 heterocycles. The van der Waals surface area contributed by atoms with Gasteiger partial charge in [0.1, 0.15) is 22.8 Å². The first-order chi connectivity index (χ1) is 15.9. The predicted molar refractivity (Wildman–Crippen MR) is 130 cm³/mol. The van der Waals surface area contributed by atoms with Gasteiger partial charge in [-0.25, -0.2) is 4.98 Å². The van der Waals surface area contributed by atoms with Crippen LogP contribution in [0.5, 0.6) is 0 Å². The van der Waals surface area contributed by atoms with Crippen molar-refractivity contribution < 1.29 is 9.32 Å². The van der Waals surface area contributed by atoms with Crippen molar-refractivity contribution >= 4 is 40.6 Å². The van der Waals surface area contributed by atoms with Gasteiger partial charge in [0, 0.05) is 35.2 Å². The van der Waals surface area contributed by atoms with Crippen LogP contribution >= 0.6 is 11.6 Å². The third kappa shape index (κ3) is 5.12. The Morgan fingerprint density at radius 2 is 1.76 bits per heavy atom. The molecule has 0 saturated heterocycles. The van der Waals surface area contributed by atoms with E-state index in [9.17, 15) is 4.79 Å². The van der Waals surface area contributed by atoms with Crippen molar-refractivity contribution in [3.05, 3.63) is 76.6 Å². The second-order valence-electron chi connectivity index (χ2n) is 7.35. The summed E-state index contributed by atoms with van der Waals surface area (Å²) in [5.41, 5.74) is 3.70. The van der Waals surface area contributed by atoms with Gasteiger partial charge in [0.25, 0.3) is 5.91 Å². The summed E-state index contributed by atoms with van der Waals surface area (Å²) in [5, 5.41) is 13.8. The van der Waals surface area contributed by atoms with Crippen molar-refractivity contribution in [1.82, 2.24) is 15.1 Å². The van der Waals surface area contributed by atoms with Gasteiger partial charge in [-0.1, -0.05) is 35.0 Å². The summed E-state index contributed by atoms with van der Waals surface area (Å²) in [5.74, 6) is 1.34. The van der Waals surface area contributed by atoms with E-state index < -0.39 is 0 Å². The number of nitrogens with one attached hydrogen (secondary N) is 3. The van der Waals surface area contributed by atoms with Crippen molar-refractivity contribution in [1.29, 1.82) is 0 Å². The van der Waals surface area contributed by atoms with Crippen LogP contribution in [0.25, 0.3) is 11.3 Å². The molecular weight excluding hydrogens is 440 g/mol. The van der Waals surface area contributed by atoms with Gasteiger partial charge in [0.15, 0.2) is 0 Å². The second-order valence-corrected chi connectivity index (χ2v) is 7.75. The highest BCUT2D eigenvalue weighted by atomic mass is 35.5. The van der Waals surface area contributed by atoms with Gasteiger partial charge in [0.2, 0.25) is 5.95 Å². The predicted octanol–water partition coefficient (Wildman–Crippen LogP) is 5.83. The standard InChI is InChI=1S/C24H23ClN6O2/c1-4-26-24-27-14(2)13-20(30-24)28-16-9-11-17(12-10-16)29-23(32)21-15(3)33-31-22(21)18-7-5-6-8-19(18)25/h5-13H,4H2,1-3H3,(H,29,32)(H2,26,27,28,30). The first kappa shape index (κ1) is 22.3. The normalized spacial score (nSPS) is 10.7. The van der Waals surface area contributed by atoms with E-state index in [0.717, 1.165) is 17.9 Å². The van der Waals surface area contributed by atoms with Gasteiger partial charge >= 0.3 is 0 Å². The molecule has 3 N–H and O–H groups in total. The lowest BCUT2D eigenvalue weighted by Gasteiger charge is -2.10. The maximum atomic E-state index is 13.0. The molecular formula is C24H23ClN6O2. The number of aryl methyl sites for hydroxylation is 2. The lowest BCUT2D eigenvalue weighted by atomic mass is 10.1. The van der Waals surface area contributed by atoms with E-state index in [1.54, 1.807) is 31.2 Å². The topological polar surface area (TPSA) is 105 Å². The molecule has 4 aromatic rings. The average molecular weight is 463 g/mol. The Bertz CT molecular complexity index is 1290. The van der Waals surface area contributed by atoms with Gasteiger partial charge < -0.3 is 20.5 Å². The third-order valence-corrected chi connectivity index (χ3v) is 5.15. The monoisotopic (exact) mass is 462 g/mol. The summed E-state index contributed by atoms with van der Waals surface area (Å²) in [7, 11) is 0. The van der Waals surface area contributed by atoms with Gasteiger partial charge in [-0.3, -0.25) is 4.79 Å². The minimum Gasteiger partial charge on any atom is -0.360 e. The molecule has 0 atom stereocenters. The number of halogens is 1. The van der Waals surface area contributed by atoms with Gasteiger partial charge in [-0.05, 0) is 51.1 Å². The number of hydrogen-bond acceptors (Lipinski definition) is 7. The van der Waals surface area contributed by atoms with Crippen LogP contribution < -0.4 is 16.0 Å². The molecule has 168 valence electrons. The summed E-state index contributed by atoms with van der Waals surface area (Å²) in [6.45, 7) is 6.34.